The highest BCUT2D eigenvalue weighted by atomic mass is 35.5. The number of benzene rings is 2. The molecule has 30 heavy (non-hydrogen) atoms. The summed E-state index contributed by atoms with van der Waals surface area (Å²) in [6.45, 7) is 1.89. The number of hydrogen-bond acceptors (Lipinski definition) is 5. The summed E-state index contributed by atoms with van der Waals surface area (Å²) in [5.74, 6) is -0.598. The highest BCUT2D eigenvalue weighted by molar-refractivity contribution is 6.31. The third-order valence-electron chi connectivity index (χ3n) is 4.47. The second kappa shape index (κ2) is 8.79. The van der Waals surface area contributed by atoms with Crippen LogP contribution in [0.3, 0.4) is 0 Å². The number of nitrogens with zero attached hydrogens (tertiary/aromatic N) is 2. The SMILES string of the molecule is Cc1ccc(C(=O)N(C)Cc2cc([N+](=O)[O-])ccc2Cl)cc1NC(=O)c1ccco1. The van der Waals surface area contributed by atoms with Gasteiger partial charge in [0.15, 0.2) is 5.76 Å². The molecule has 0 aliphatic rings. The third kappa shape index (κ3) is 4.66. The monoisotopic (exact) mass is 427 g/mol. The fraction of sp³-hybridized carbons (Fsp3) is 0.143. The maximum atomic E-state index is 12.9. The molecule has 0 saturated heterocycles. The standard InChI is InChI=1S/C21H18ClN3O5/c1-13-5-6-14(11-18(13)23-20(26)19-4-3-9-30-19)21(27)24(2)12-15-10-16(25(28)29)7-8-17(15)22/h3-11H,12H2,1-2H3,(H,23,26). The van der Waals surface area contributed by atoms with E-state index in [0.717, 1.165) is 5.56 Å². The maximum Gasteiger partial charge on any atom is 0.291 e. The van der Waals surface area contributed by atoms with Crippen LogP contribution in [0.2, 0.25) is 5.02 Å². The van der Waals surface area contributed by atoms with E-state index in [-0.39, 0.29) is 23.9 Å². The molecule has 0 atom stereocenters. The van der Waals surface area contributed by atoms with Crippen LogP contribution in [0.15, 0.2) is 59.2 Å². The highest BCUT2D eigenvalue weighted by Gasteiger charge is 2.18. The summed E-state index contributed by atoms with van der Waals surface area (Å²) in [5, 5.41) is 14.0. The van der Waals surface area contributed by atoms with Gasteiger partial charge in [0.25, 0.3) is 17.5 Å². The second-order valence-electron chi connectivity index (χ2n) is 6.66. The normalized spacial score (nSPS) is 10.5. The molecule has 0 unspecified atom stereocenters. The molecule has 1 heterocycles. The molecular formula is C21H18ClN3O5. The van der Waals surface area contributed by atoms with Gasteiger partial charge in [0.2, 0.25) is 0 Å². The van der Waals surface area contributed by atoms with Crippen molar-refractivity contribution in [2.75, 3.05) is 12.4 Å². The number of non-ortho nitro benzene ring substituents is 1. The molecule has 0 radical (unpaired) electrons. The minimum atomic E-state index is -0.518. The molecule has 9 heteroatoms. The van der Waals surface area contributed by atoms with Crippen LogP contribution in [0.25, 0.3) is 0 Å². The van der Waals surface area contributed by atoms with Crippen molar-refractivity contribution in [2.24, 2.45) is 0 Å². The van der Waals surface area contributed by atoms with Gasteiger partial charge in [-0.25, -0.2) is 0 Å². The van der Waals surface area contributed by atoms with Crippen LogP contribution in [0.4, 0.5) is 11.4 Å². The molecule has 2 amide bonds. The number of nitro benzene ring substituents is 1. The van der Waals surface area contributed by atoms with E-state index in [1.54, 1.807) is 38.2 Å². The number of aryl methyl sites for hydroxylation is 1. The average Bonchev–Trinajstić information content (AvgIpc) is 3.25. The number of amides is 2. The van der Waals surface area contributed by atoms with E-state index in [1.807, 2.05) is 0 Å². The third-order valence-corrected chi connectivity index (χ3v) is 4.84. The van der Waals surface area contributed by atoms with Gasteiger partial charge in [-0.05, 0) is 48.4 Å². The van der Waals surface area contributed by atoms with Crippen LogP contribution in [0.1, 0.15) is 32.0 Å². The molecule has 2 aromatic carbocycles. The Labute approximate surface area is 177 Å². The van der Waals surface area contributed by atoms with Crippen LogP contribution < -0.4 is 5.32 Å². The fourth-order valence-electron chi connectivity index (χ4n) is 2.82. The summed E-state index contributed by atoms with van der Waals surface area (Å²) in [6, 6.07) is 12.2. The molecule has 0 fully saturated rings. The van der Waals surface area contributed by atoms with E-state index in [2.05, 4.69) is 5.32 Å². The lowest BCUT2D eigenvalue weighted by Gasteiger charge is -2.19. The zero-order chi connectivity index (χ0) is 21.8. The van der Waals surface area contributed by atoms with Crippen molar-refractivity contribution in [3.63, 3.8) is 0 Å². The number of halogens is 1. The molecule has 0 spiro atoms. The summed E-state index contributed by atoms with van der Waals surface area (Å²) in [6.07, 6.45) is 1.40. The van der Waals surface area contributed by atoms with Crippen LogP contribution in [-0.2, 0) is 6.54 Å². The number of carbonyl (C=O) groups excluding carboxylic acids is 2. The van der Waals surface area contributed by atoms with E-state index in [1.165, 1.54) is 35.4 Å². The van der Waals surface area contributed by atoms with E-state index in [4.69, 9.17) is 16.0 Å². The van der Waals surface area contributed by atoms with Gasteiger partial charge in [-0.2, -0.15) is 0 Å². The number of rotatable bonds is 6. The number of carbonyl (C=O) groups is 2. The zero-order valence-corrected chi connectivity index (χ0v) is 17.0. The van der Waals surface area contributed by atoms with Gasteiger partial charge in [-0.1, -0.05) is 17.7 Å². The van der Waals surface area contributed by atoms with Crippen molar-refractivity contribution >= 4 is 34.8 Å². The minimum Gasteiger partial charge on any atom is -0.459 e. The first-order valence-corrected chi connectivity index (χ1v) is 9.28. The maximum absolute atomic E-state index is 12.9. The largest absolute Gasteiger partial charge is 0.459 e. The predicted octanol–water partition coefficient (Wildman–Crippen LogP) is 4.67. The number of anilines is 1. The Bertz CT molecular complexity index is 1110. The molecule has 154 valence electrons. The molecule has 3 rings (SSSR count). The van der Waals surface area contributed by atoms with Gasteiger partial charge in [-0.3, -0.25) is 19.7 Å². The van der Waals surface area contributed by atoms with Crippen molar-refractivity contribution in [2.45, 2.75) is 13.5 Å². The number of furan rings is 1. The topological polar surface area (TPSA) is 106 Å². The average molecular weight is 428 g/mol. The molecule has 3 aromatic rings. The molecule has 0 aliphatic heterocycles. The lowest BCUT2D eigenvalue weighted by molar-refractivity contribution is -0.384. The van der Waals surface area contributed by atoms with E-state index in [0.29, 0.717) is 21.8 Å². The number of hydrogen-bond donors (Lipinski definition) is 1. The Hall–Kier alpha value is -3.65. The van der Waals surface area contributed by atoms with Crippen molar-refractivity contribution in [1.82, 2.24) is 4.90 Å². The van der Waals surface area contributed by atoms with Crippen LogP contribution in [0.5, 0.6) is 0 Å². The van der Waals surface area contributed by atoms with Gasteiger partial charge >= 0.3 is 0 Å². The van der Waals surface area contributed by atoms with Gasteiger partial charge < -0.3 is 14.6 Å². The lowest BCUT2D eigenvalue weighted by atomic mass is 10.1. The molecule has 1 N–H and O–H groups in total. The van der Waals surface area contributed by atoms with Crippen molar-refractivity contribution in [1.29, 1.82) is 0 Å². The number of nitrogens with one attached hydrogen (secondary N) is 1. The van der Waals surface area contributed by atoms with Crippen LogP contribution >= 0.6 is 11.6 Å². The zero-order valence-electron chi connectivity index (χ0n) is 16.2. The predicted molar refractivity (Wildman–Crippen MR) is 112 cm³/mol. The summed E-state index contributed by atoms with van der Waals surface area (Å²) in [4.78, 5) is 37.0. The quantitative estimate of drug-likeness (QED) is 0.454. The minimum absolute atomic E-state index is 0.0846. The molecule has 0 aliphatic carbocycles. The Morgan fingerprint density at radius 3 is 2.63 bits per heavy atom. The molecule has 0 saturated carbocycles. The second-order valence-corrected chi connectivity index (χ2v) is 7.06. The molecular weight excluding hydrogens is 410 g/mol. The molecule has 1 aromatic heterocycles. The van der Waals surface area contributed by atoms with Crippen molar-refractivity contribution < 1.29 is 18.9 Å². The van der Waals surface area contributed by atoms with Gasteiger partial charge in [0.05, 0.1) is 11.2 Å². The van der Waals surface area contributed by atoms with E-state index in [9.17, 15) is 19.7 Å². The Kier molecular flexibility index (Phi) is 6.17. The lowest BCUT2D eigenvalue weighted by Crippen LogP contribution is -2.26. The first kappa shape index (κ1) is 21.1. The number of nitro groups is 1. The first-order valence-electron chi connectivity index (χ1n) is 8.90. The van der Waals surface area contributed by atoms with Crippen molar-refractivity contribution in [3.8, 4) is 0 Å². The summed E-state index contributed by atoms with van der Waals surface area (Å²) in [5.41, 5.74) is 1.95. The fourth-order valence-corrected chi connectivity index (χ4v) is 3.00. The molecule has 8 nitrogen and oxygen atoms in total. The smallest absolute Gasteiger partial charge is 0.291 e. The van der Waals surface area contributed by atoms with Crippen molar-refractivity contribution in [3.05, 3.63) is 92.4 Å². The summed E-state index contributed by atoms with van der Waals surface area (Å²) in [7, 11) is 1.57. The summed E-state index contributed by atoms with van der Waals surface area (Å²) < 4.78 is 5.08. The first-order chi connectivity index (χ1) is 14.3. The Morgan fingerprint density at radius 1 is 1.20 bits per heavy atom. The summed E-state index contributed by atoms with van der Waals surface area (Å²) >= 11 is 6.13. The Balaban J connectivity index is 1.79. The highest BCUT2D eigenvalue weighted by Crippen LogP contribution is 2.24. The van der Waals surface area contributed by atoms with Crippen LogP contribution in [-0.4, -0.2) is 28.7 Å². The van der Waals surface area contributed by atoms with Gasteiger partial charge in [0, 0.05) is 42.0 Å². The molecule has 0 bridgehead atoms. The van der Waals surface area contributed by atoms with Gasteiger partial charge in [-0.15, -0.1) is 0 Å². The van der Waals surface area contributed by atoms with E-state index < -0.39 is 10.8 Å². The van der Waals surface area contributed by atoms with E-state index >= 15 is 0 Å². The Morgan fingerprint density at radius 2 is 1.97 bits per heavy atom. The van der Waals surface area contributed by atoms with Crippen LogP contribution in [0, 0.1) is 17.0 Å². The van der Waals surface area contributed by atoms with Gasteiger partial charge in [0.1, 0.15) is 0 Å².